The van der Waals surface area contributed by atoms with Crippen LogP contribution in [0.4, 0.5) is 4.79 Å². The molecule has 0 aliphatic carbocycles. The summed E-state index contributed by atoms with van der Waals surface area (Å²) in [4.78, 5) is 14.8. The summed E-state index contributed by atoms with van der Waals surface area (Å²) in [5.41, 5.74) is 3.31. The fourth-order valence-electron chi connectivity index (χ4n) is 3.62. The number of aryl methyl sites for hydroxylation is 1. The van der Waals surface area contributed by atoms with Crippen LogP contribution in [0.15, 0.2) is 30.5 Å². The molecular formula is C20H28N4O2. The predicted molar refractivity (Wildman–Crippen MR) is 101 cm³/mol. The number of aromatic nitrogens is 2. The summed E-state index contributed by atoms with van der Waals surface area (Å²) < 4.78 is 7.29. The van der Waals surface area contributed by atoms with Crippen LogP contribution in [0.3, 0.4) is 0 Å². The lowest BCUT2D eigenvalue weighted by molar-refractivity contribution is 0.151. The van der Waals surface area contributed by atoms with Crippen LogP contribution in [0.1, 0.15) is 49.0 Å². The highest BCUT2D eigenvalue weighted by Gasteiger charge is 2.28. The zero-order chi connectivity index (χ0) is 18.5. The largest absolute Gasteiger partial charge is 0.497 e. The number of rotatable bonds is 5. The molecule has 1 fully saturated rings. The van der Waals surface area contributed by atoms with Crippen LogP contribution >= 0.6 is 0 Å². The molecule has 140 valence electrons. The van der Waals surface area contributed by atoms with Gasteiger partial charge in [0, 0.05) is 30.9 Å². The Morgan fingerprint density at radius 2 is 2.23 bits per heavy atom. The maximum absolute atomic E-state index is 12.9. The Balaban J connectivity index is 1.70. The third-order valence-electron chi connectivity index (χ3n) is 5.18. The number of carbonyl (C=O) groups is 1. The monoisotopic (exact) mass is 356 g/mol. The van der Waals surface area contributed by atoms with Crippen molar-refractivity contribution >= 4 is 6.03 Å². The van der Waals surface area contributed by atoms with Gasteiger partial charge in [-0.2, -0.15) is 5.10 Å². The van der Waals surface area contributed by atoms with Crippen molar-refractivity contribution in [1.82, 2.24) is 20.0 Å². The summed E-state index contributed by atoms with van der Waals surface area (Å²) in [5.74, 6) is 0.830. The van der Waals surface area contributed by atoms with Gasteiger partial charge in [-0.15, -0.1) is 0 Å². The van der Waals surface area contributed by atoms with Gasteiger partial charge in [0.25, 0.3) is 0 Å². The Morgan fingerprint density at radius 1 is 1.38 bits per heavy atom. The third-order valence-corrected chi connectivity index (χ3v) is 5.18. The lowest BCUT2D eigenvalue weighted by Gasteiger charge is -2.36. The lowest BCUT2D eigenvalue weighted by Crippen LogP contribution is -2.44. The van der Waals surface area contributed by atoms with E-state index in [0.717, 1.165) is 54.9 Å². The van der Waals surface area contributed by atoms with Crippen molar-refractivity contribution in [3.63, 3.8) is 0 Å². The van der Waals surface area contributed by atoms with E-state index in [4.69, 9.17) is 4.74 Å². The fourth-order valence-corrected chi connectivity index (χ4v) is 3.62. The van der Waals surface area contributed by atoms with Crippen molar-refractivity contribution in [2.75, 3.05) is 13.7 Å². The van der Waals surface area contributed by atoms with Gasteiger partial charge in [-0.25, -0.2) is 4.79 Å². The molecule has 1 N–H and O–H groups in total. The molecule has 1 aromatic heterocycles. The molecule has 1 aliphatic heterocycles. The van der Waals surface area contributed by atoms with E-state index in [2.05, 4.69) is 23.4 Å². The number of hydrogen-bond donors (Lipinski definition) is 1. The van der Waals surface area contributed by atoms with Gasteiger partial charge < -0.3 is 15.0 Å². The Bertz CT molecular complexity index is 756. The predicted octanol–water partition coefficient (Wildman–Crippen LogP) is 3.66. The summed E-state index contributed by atoms with van der Waals surface area (Å²) in [6, 6.07) is 8.12. The highest BCUT2D eigenvalue weighted by atomic mass is 16.5. The molecule has 2 amide bonds. The van der Waals surface area contributed by atoms with E-state index in [0.29, 0.717) is 6.54 Å². The average Bonchev–Trinajstić information content (AvgIpc) is 3.05. The van der Waals surface area contributed by atoms with Gasteiger partial charge in [-0.05, 0) is 50.8 Å². The van der Waals surface area contributed by atoms with Gasteiger partial charge in [-0.3, -0.25) is 4.68 Å². The summed E-state index contributed by atoms with van der Waals surface area (Å²) in [6.45, 7) is 6.23. The van der Waals surface area contributed by atoms with E-state index in [9.17, 15) is 4.79 Å². The van der Waals surface area contributed by atoms with E-state index in [-0.39, 0.29) is 12.1 Å². The molecule has 0 saturated carbocycles. The number of nitrogens with one attached hydrogen (secondary N) is 1. The van der Waals surface area contributed by atoms with Crippen LogP contribution in [0.2, 0.25) is 0 Å². The van der Waals surface area contributed by atoms with Crippen LogP contribution in [0.5, 0.6) is 5.75 Å². The number of ether oxygens (including phenoxy) is 1. The van der Waals surface area contributed by atoms with Crippen LogP contribution in [-0.2, 0) is 13.1 Å². The molecule has 2 heterocycles. The van der Waals surface area contributed by atoms with Crippen molar-refractivity contribution in [3.8, 4) is 5.75 Å². The van der Waals surface area contributed by atoms with Crippen LogP contribution < -0.4 is 10.1 Å². The molecule has 0 spiro atoms. The first-order valence-electron chi connectivity index (χ1n) is 9.33. The molecule has 6 heteroatoms. The quantitative estimate of drug-likeness (QED) is 0.889. The first-order chi connectivity index (χ1) is 12.6. The normalized spacial score (nSPS) is 17.2. The van der Waals surface area contributed by atoms with Crippen molar-refractivity contribution in [3.05, 3.63) is 47.3 Å². The molecule has 6 nitrogen and oxygen atoms in total. The number of amides is 2. The third kappa shape index (κ3) is 3.84. The van der Waals surface area contributed by atoms with E-state index in [1.807, 2.05) is 40.9 Å². The summed E-state index contributed by atoms with van der Waals surface area (Å²) in [5, 5.41) is 7.42. The van der Waals surface area contributed by atoms with Gasteiger partial charge in [-0.1, -0.05) is 12.1 Å². The van der Waals surface area contributed by atoms with Crippen molar-refractivity contribution < 1.29 is 9.53 Å². The Morgan fingerprint density at radius 3 is 2.96 bits per heavy atom. The van der Waals surface area contributed by atoms with Crippen LogP contribution in [-0.4, -0.2) is 34.4 Å². The van der Waals surface area contributed by atoms with Crippen LogP contribution in [0, 0.1) is 6.92 Å². The number of nitrogens with zero attached hydrogens (tertiary/aromatic N) is 3. The van der Waals surface area contributed by atoms with E-state index >= 15 is 0 Å². The van der Waals surface area contributed by atoms with Crippen molar-refractivity contribution in [1.29, 1.82) is 0 Å². The number of benzene rings is 1. The lowest BCUT2D eigenvalue weighted by atomic mass is 9.95. The molecule has 3 rings (SSSR count). The van der Waals surface area contributed by atoms with Gasteiger partial charge in [0.1, 0.15) is 5.75 Å². The zero-order valence-electron chi connectivity index (χ0n) is 15.9. The number of methoxy groups -OCH3 is 1. The van der Waals surface area contributed by atoms with Gasteiger partial charge >= 0.3 is 6.03 Å². The fraction of sp³-hybridized carbons (Fsp3) is 0.500. The topological polar surface area (TPSA) is 59.4 Å². The number of hydrogen-bond acceptors (Lipinski definition) is 3. The number of carbonyl (C=O) groups excluding carboxylic acids is 1. The second kappa shape index (κ2) is 8.25. The van der Waals surface area contributed by atoms with E-state index < -0.39 is 0 Å². The number of urea groups is 1. The van der Waals surface area contributed by atoms with Crippen LogP contribution in [0.25, 0.3) is 0 Å². The Hall–Kier alpha value is -2.50. The minimum atomic E-state index is -0.0128. The highest BCUT2D eigenvalue weighted by molar-refractivity contribution is 5.75. The van der Waals surface area contributed by atoms with E-state index in [1.54, 1.807) is 7.11 Å². The van der Waals surface area contributed by atoms with Crippen molar-refractivity contribution in [2.24, 2.45) is 0 Å². The molecule has 1 aromatic carbocycles. The zero-order valence-corrected chi connectivity index (χ0v) is 15.9. The molecule has 26 heavy (non-hydrogen) atoms. The Kier molecular flexibility index (Phi) is 5.81. The number of piperidine rings is 1. The molecule has 0 unspecified atom stereocenters. The minimum Gasteiger partial charge on any atom is -0.497 e. The summed E-state index contributed by atoms with van der Waals surface area (Å²) in [6.07, 6.45) is 5.00. The number of likely N-dealkylation sites (tertiary alicyclic amines) is 1. The van der Waals surface area contributed by atoms with Crippen molar-refractivity contribution in [2.45, 2.75) is 52.2 Å². The SMILES string of the molecule is CCn1ncc(CNC(=O)N2CCCC[C@@H]2c2cccc(OC)c2)c1C. The maximum atomic E-state index is 12.9. The standard InChI is InChI=1S/C20H28N4O2/c1-4-24-15(2)17(14-22-24)13-21-20(25)23-11-6-5-10-19(23)16-8-7-9-18(12-16)26-3/h7-9,12,14,19H,4-6,10-11,13H2,1-3H3,(H,21,25)/t19-/m1/s1. The molecule has 0 radical (unpaired) electrons. The first-order valence-corrected chi connectivity index (χ1v) is 9.33. The van der Waals surface area contributed by atoms with E-state index in [1.165, 1.54) is 0 Å². The smallest absolute Gasteiger partial charge is 0.318 e. The molecule has 0 bridgehead atoms. The minimum absolute atomic E-state index is 0.0128. The molecule has 1 saturated heterocycles. The highest BCUT2D eigenvalue weighted by Crippen LogP contribution is 2.32. The van der Waals surface area contributed by atoms with Gasteiger partial charge in [0.05, 0.1) is 19.3 Å². The second-order valence-electron chi connectivity index (χ2n) is 6.71. The summed E-state index contributed by atoms with van der Waals surface area (Å²) >= 11 is 0. The first kappa shape index (κ1) is 18.3. The molecular weight excluding hydrogens is 328 g/mol. The molecule has 2 aromatic rings. The summed E-state index contributed by atoms with van der Waals surface area (Å²) in [7, 11) is 1.67. The Labute approximate surface area is 155 Å². The second-order valence-corrected chi connectivity index (χ2v) is 6.71. The molecule has 1 aliphatic rings. The van der Waals surface area contributed by atoms with Gasteiger partial charge in [0.2, 0.25) is 0 Å². The molecule has 1 atom stereocenters. The maximum Gasteiger partial charge on any atom is 0.318 e. The van der Waals surface area contributed by atoms with Gasteiger partial charge in [0.15, 0.2) is 0 Å². The average molecular weight is 356 g/mol.